The van der Waals surface area contributed by atoms with Gasteiger partial charge in [0.2, 0.25) is 0 Å². The van der Waals surface area contributed by atoms with E-state index in [1.54, 1.807) is 18.0 Å². The number of methoxy groups -OCH3 is 1. The lowest BCUT2D eigenvalue weighted by Gasteiger charge is -2.31. The van der Waals surface area contributed by atoms with E-state index in [0.29, 0.717) is 5.92 Å². The average Bonchev–Trinajstić information content (AvgIpc) is 3.15. The zero-order chi connectivity index (χ0) is 13.7. The van der Waals surface area contributed by atoms with Crippen molar-refractivity contribution in [3.8, 4) is 0 Å². The Morgan fingerprint density at radius 3 is 2.95 bits per heavy atom. The molecule has 0 aliphatic heterocycles. The SMILES string of the molecule is CCNC(CSCc1ccco1)(C(=O)OC)C1CC1. The first kappa shape index (κ1) is 14.5. The van der Waals surface area contributed by atoms with E-state index >= 15 is 0 Å². The molecule has 0 bridgehead atoms. The van der Waals surface area contributed by atoms with E-state index in [1.807, 2.05) is 19.1 Å². The molecule has 1 unspecified atom stereocenters. The molecule has 19 heavy (non-hydrogen) atoms. The second-order valence-electron chi connectivity index (χ2n) is 4.84. The highest BCUT2D eigenvalue weighted by Crippen LogP contribution is 2.42. The Balaban J connectivity index is 1.98. The van der Waals surface area contributed by atoms with Crippen LogP contribution in [0.4, 0.5) is 0 Å². The maximum Gasteiger partial charge on any atom is 0.327 e. The first-order chi connectivity index (χ1) is 9.23. The smallest absolute Gasteiger partial charge is 0.327 e. The van der Waals surface area contributed by atoms with Crippen molar-refractivity contribution in [3.05, 3.63) is 24.2 Å². The molecule has 1 saturated carbocycles. The molecule has 1 aromatic rings. The Morgan fingerprint density at radius 1 is 1.63 bits per heavy atom. The molecule has 1 atom stereocenters. The summed E-state index contributed by atoms with van der Waals surface area (Å²) in [4.78, 5) is 12.2. The fourth-order valence-corrected chi connectivity index (χ4v) is 3.64. The third kappa shape index (κ3) is 3.34. The number of hydrogen-bond acceptors (Lipinski definition) is 5. The minimum atomic E-state index is -0.527. The van der Waals surface area contributed by atoms with Crippen LogP contribution >= 0.6 is 11.8 Å². The van der Waals surface area contributed by atoms with E-state index in [0.717, 1.165) is 36.7 Å². The summed E-state index contributed by atoms with van der Waals surface area (Å²) < 4.78 is 10.3. The van der Waals surface area contributed by atoms with Gasteiger partial charge in [-0.1, -0.05) is 6.92 Å². The number of ether oxygens (including phenoxy) is 1. The number of carbonyl (C=O) groups is 1. The molecule has 1 aliphatic carbocycles. The number of thioether (sulfide) groups is 1. The zero-order valence-electron chi connectivity index (χ0n) is 11.5. The molecule has 106 valence electrons. The van der Waals surface area contributed by atoms with E-state index in [9.17, 15) is 4.79 Å². The van der Waals surface area contributed by atoms with Crippen molar-refractivity contribution in [2.24, 2.45) is 5.92 Å². The van der Waals surface area contributed by atoms with Crippen LogP contribution in [-0.4, -0.2) is 30.9 Å². The number of furan rings is 1. The third-order valence-corrected chi connectivity index (χ3v) is 4.62. The van der Waals surface area contributed by atoms with Crippen LogP contribution in [0.5, 0.6) is 0 Å². The molecule has 0 saturated heterocycles. The molecule has 1 aliphatic rings. The van der Waals surface area contributed by atoms with Gasteiger partial charge in [0.25, 0.3) is 0 Å². The fourth-order valence-electron chi connectivity index (χ4n) is 2.39. The first-order valence-electron chi connectivity index (χ1n) is 6.66. The summed E-state index contributed by atoms with van der Waals surface area (Å²) >= 11 is 1.71. The molecule has 0 spiro atoms. The molecule has 0 aromatic carbocycles. The monoisotopic (exact) mass is 283 g/mol. The van der Waals surface area contributed by atoms with Gasteiger partial charge in [0.15, 0.2) is 0 Å². The Labute approximate surface area is 118 Å². The Bertz CT molecular complexity index is 403. The van der Waals surface area contributed by atoms with Gasteiger partial charge in [0.05, 0.1) is 19.1 Å². The van der Waals surface area contributed by atoms with Gasteiger partial charge in [-0.15, -0.1) is 0 Å². The Hall–Kier alpha value is -0.940. The number of hydrogen-bond donors (Lipinski definition) is 1. The summed E-state index contributed by atoms with van der Waals surface area (Å²) in [6.07, 6.45) is 3.88. The predicted molar refractivity (Wildman–Crippen MR) is 76.0 cm³/mol. The van der Waals surface area contributed by atoms with Crippen molar-refractivity contribution < 1.29 is 13.9 Å². The predicted octanol–water partition coefficient (Wildman–Crippen LogP) is 2.44. The lowest BCUT2D eigenvalue weighted by molar-refractivity contribution is -0.148. The minimum Gasteiger partial charge on any atom is -0.468 e. The number of carbonyl (C=O) groups excluding carboxylic acids is 1. The highest BCUT2D eigenvalue weighted by atomic mass is 32.2. The molecule has 2 rings (SSSR count). The van der Waals surface area contributed by atoms with Crippen LogP contribution in [-0.2, 0) is 15.3 Å². The number of rotatable bonds is 8. The van der Waals surface area contributed by atoms with Crippen LogP contribution < -0.4 is 5.32 Å². The Kier molecular flexibility index (Phi) is 4.93. The van der Waals surface area contributed by atoms with Crippen LogP contribution in [0.1, 0.15) is 25.5 Å². The summed E-state index contributed by atoms with van der Waals surface area (Å²) in [5, 5.41) is 3.36. The molecule has 1 aromatic heterocycles. The van der Waals surface area contributed by atoms with E-state index in [2.05, 4.69) is 5.32 Å². The van der Waals surface area contributed by atoms with Crippen LogP contribution in [0.3, 0.4) is 0 Å². The third-order valence-electron chi connectivity index (χ3n) is 3.47. The first-order valence-corrected chi connectivity index (χ1v) is 7.82. The summed E-state index contributed by atoms with van der Waals surface area (Å²) in [5.41, 5.74) is -0.527. The molecular formula is C14H21NO3S. The number of likely N-dealkylation sites (N-methyl/N-ethyl adjacent to an activating group) is 1. The molecule has 5 heteroatoms. The van der Waals surface area contributed by atoms with E-state index in [1.165, 1.54) is 7.11 Å². The van der Waals surface area contributed by atoms with Gasteiger partial charge < -0.3 is 14.5 Å². The van der Waals surface area contributed by atoms with Gasteiger partial charge in [0.1, 0.15) is 11.3 Å². The highest BCUT2D eigenvalue weighted by molar-refractivity contribution is 7.98. The van der Waals surface area contributed by atoms with Gasteiger partial charge in [-0.05, 0) is 37.4 Å². The molecule has 0 amide bonds. The van der Waals surface area contributed by atoms with Gasteiger partial charge in [0, 0.05) is 5.75 Å². The average molecular weight is 283 g/mol. The van der Waals surface area contributed by atoms with Crippen molar-refractivity contribution in [2.75, 3.05) is 19.4 Å². The quantitative estimate of drug-likeness (QED) is 0.743. The van der Waals surface area contributed by atoms with Gasteiger partial charge in [-0.2, -0.15) is 11.8 Å². The second-order valence-corrected chi connectivity index (χ2v) is 5.83. The van der Waals surface area contributed by atoms with Crippen LogP contribution in [0.25, 0.3) is 0 Å². The normalized spacial score (nSPS) is 18.0. The van der Waals surface area contributed by atoms with Crippen molar-refractivity contribution in [3.63, 3.8) is 0 Å². The Morgan fingerprint density at radius 2 is 2.42 bits per heavy atom. The summed E-state index contributed by atoms with van der Waals surface area (Å²) in [6, 6.07) is 3.84. The molecule has 4 nitrogen and oxygen atoms in total. The van der Waals surface area contributed by atoms with Gasteiger partial charge in [-0.3, -0.25) is 4.79 Å². The van der Waals surface area contributed by atoms with Crippen LogP contribution in [0, 0.1) is 5.92 Å². The summed E-state index contributed by atoms with van der Waals surface area (Å²) in [7, 11) is 1.47. The van der Waals surface area contributed by atoms with Gasteiger partial charge in [-0.25, -0.2) is 0 Å². The minimum absolute atomic E-state index is 0.135. The number of nitrogens with one attached hydrogen (secondary N) is 1. The zero-order valence-corrected chi connectivity index (χ0v) is 12.3. The topological polar surface area (TPSA) is 51.5 Å². The van der Waals surface area contributed by atoms with Crippen molar-refractivity contribution in [2.45, 2.75) is 31.1 Å². The maximum absolute atomic E-state index is 12.2. The summed E-state index contributed by atoms with van der Waals surface area (Å²) in [5.74, 6) is 2.71. The van der Waals surface area contributed by atoms with Crippen molar-refractivity contribution >= 4 is 17.7 Å². The maximum atomic E-state index is 12.2. The van der Waals surface area contributed by atoms with Gasteiger partial charge >= 0.3 is 5.97 Å². The van der Waals surface area contributed by atoms with Crippen molar-refractivity contribution in [1.82, 2.24) is 5.32 Å². The highest BCUT2D eigenvalue weighted by Gasteiger charge is 2.51. The molecular weight excluding hydrogens is 262 g/mol. The molecule has 1 N–H and O–H groups in total. The fraction of sp³-hybridized carbons (Fsp3) is 0.643. The summed E-state index contributed by atoms with van der Waals surface area (Å²) in [6.45, 7) is 2.80. The largest absolute Gasteiger partial charge is 0.468 e. The van der Waals surface area contributed by atoms with E-state index < -0.39 is 5.54 Å². The lowest BCUT2D eigenvalue weighted by Crippen LogP contribution is -2.56. The van der Waals surface area contributed by atoms with E-state index in [-0.39, 0.29) is 5.97 Å². The van der Waals surface area contributed by atoms with Crippen LogP contribution in [0.2, 0.25) is 0 Å². The molecule has 1 heterocycles. The number of esters is 1. The van der Waals surface area contributed by atoms with Crippen molar-refractivity contribution in [1.29, 1.82) is 0 Å². The lowest BCUT2D eigenvalue weighted by atomic mass is 9.95. The molecule has 0 radical (unpaired) electrons. The van der Waals surface area contributed by atoms with Crippen LogP contribution in [0.15, 0.2) is 22.8 Å². The standard InChI is InChI=1S/C14H21NO3S/c1-3-15-14(11-6-7-11,13(16)17-2)10-19-9-12-5-4-8-18-12/h4-5,8,11,15H,3,6-7,9-10H2,1-2H3. The second kappa shape index (κ2) is 6.48. The molecule has 1 fully saturated rings. The van der Waals surface area contributed by atoms with E-state index in [4.69, 9.17) is 9.15 Å².